The van der Waals surface area contributed by atoms with E-state index in [0.717, 1.165) is 17.8 Å². The van der Waals surface area contributed by atoms with Crippen LogP contribution >= 0.6 is 11.6 Å². The number of carbonyl (C=O) groups is 1. The number of anilines is 2. The number of nitrogens with zero attached hydrogens (tertiary/aromatic N) is 4. The fourth-order valence-electron chi connectivity index (χ4n) is 4.94. The van der Waals surface area contributed by atoms with Gasteiger partial charge in [-0.25, -0.2) is 9.38 Å². The fraction of sp³-hybridized carbons (Fsp3) is 0.286. The lowest BCUT2D eigenvalue weighted by atomic mass is 9.97. The average molecular weight is 561 g/mol. The molecule has 1 saturated heterocycles. The van der Waals surface area contributed by atoms with Crippen molar-refractivity contribution in [2.45, 2.75) is 18.6 Å². The van der Waals surface area contributed by atoms with Gasteiger partial charge in [0.15, 0.2) is 0 Å². The summed E-state index contributed by atoms with van der Waals surface area (Å²) in [7, 11) is 1.27. The predicted octanol–water partition coefficient (Wildman–Crippen LogP) is 6.43. The Bertz CT molecular complexity index is 1390. The van der Waals surface area contributed by atoms with Crippen LogP contribution in [0.15, 0.2) is 71.7 Å². The molecule has 3 aromatic carbocycles. The Morgan fingerprint density at radius 3 is 2.33 bits per heavy atom. The normalized spacial score (nSPS) is 17.5. The van der Waals surface area contributed by atoms with Crippen LogP contribution in [0.1, 0.15) is 23.6 Å². The number of carbonyl (C=O) groups excluding carboxylic acids is 1. The van der Waals surface area contributed by atoms with Crippen LogP contribution in [0.5, 0.6) is 0 Å². The van der Waals surface area contributed by atoms with Crippen LogP contribution in [0.3, 0.4) is 0 Å². The number of piperazine rings is 1. The molecule has 1 atom stereocenters. The van der Waals surface area contributed by atoms with E-state index in [1.165, 1.54) is 25.3 Å². The molecule has 2 aliphatic rings. The number of hydrogen-bond acceptors (Lipinski definition) is 6. The molecule has 2 aliphatic heterocycles. The fourth-order valence-corrected chi connectivity index (χ4v) is 5.12. The summed E-state index contributed by atoms with van der Waals surface area (Å²) in [5, 5.41) is 0.416. The number of benzene rings is 3. The second-order valence-electron chi connectivity index (χ2n) is 9.28. The highest BCUT2D eigenvalue weighted by Crippen LogP contribution is 2.43. The summed E-state index contributed by atoms with van der Waals surface area (Å²) >= 11 is 6.29. The maximum absolute atomic E-state index is 13.7. The molecule has 0 aromatic heterocycles. The monoisotopic (exact) mass is 560 g/mol. The number of halogens is 5. The summed E-state index contributed by atoms with van der Waals surface area (Å²) < 4.78 is 59.4. The van der Waals surface area contributed by atoms with Gasteiger partial charge in [0.1, 0.15) is 5.82 Å². The van der Waals surface area contributed by atoms with Crippen molar-refractivity contribution in [1.29, 1.82) is 0 Å². The largest absolute Gasteiger partial charge is 0.469 e. The quantitative estimate of drug-likeness (QED) is 0.272. The minimum Gasteiger partial charge on any atom is -0.469 e. The summed E-state index contributed by atoms with van der Waals surface area (Å²) in [4.78, 5) is 23.2. The molecule has 5 rings (SSSR count). The number of methoxy groups -OCH3 is 1. The van der Waals surface area contributed by atoms with E-state index in [-0.39, 0.29) is 17.9 Å². The van der Waals surface area contributed by atoms with Crippen LogP contribution in [0.25, 0.3) is 0 Å². The van der Waals surface area contributed by atoms with E-state index < -0.39 is 23.8 Å². The number of esters is 1. The maximum Gasteiger partial charge on any atom is 0.416 e. The zero-order valence-electron chi connectivity index (χ0n) is 21.0. The zero-order valence-corrected chi connectivity index (χ0v) is 21.7. The van der Waals surface area contributed by atoms with E-state index >= 15 is 0 Å². The third-order valence-electron chi connectivity index (χ3n) is 6.89. The van der Waals surface area contributed by atoms with Gasteiger partial charge in [0.05, 0.1) is 30.8 Å². The first-order valence-electron chi connectivity index (χ1n) is 12.3. The lowest BCUT2D eigenvalue weighted by Crippen LogP contribution is -2.55. The number of rotatable bonds is 4. The summed E-state index contributed by atoms with van der Waals surface area (Å²) in [5.74, 6) is -0.414. The molecular weight excluding hydrogens is 536 g/mol. The van der Waals surface area contributed by atoms with Gasteiger partial charge in [-0.2, -0.15) is 13.2 Å². The van der Waals surface area contributed by atoms with Crippen molar-refractivity contribution in [2.75, 3.05) is 43.1 Å². The highest BCUT2D eigenvalue weighted by molar-refractivity contribution is 6.30. The van der Waals surface area contributed by atoms with Gasteiger partial charge >= 0.3 is 12.1 Å². The second kappa shape index (κ2) is 10.8. The highest BCUT2D eigenvalue weighted by Gasteiger charge is 2.38. The molecule has 1 fully saturated rings. The molecule has 0 amide bonds. The molecule has 0 radical (unpaired) electrons. The summed E-state index contributed by atoms with van der Waals surface area (Å²) in [6, 6.07) is 15.6. The Hall–Kier alpha value is -3.79. The Morgan fingerprint density at radius 2 is 1.67 bits per heavy atom. The molecule has 11 heteroatoms. The number of guanidine groups is 1. The summed E-state index contributed by atoms with van der Waals surface area (Å²) in [6.07, 6.45) is -4.68. The topological polar surface area (TPSA) is 48.4 Å². The number of hydrogen-bond donors (Lipinski definition) is 0. The van der Waals surface area contributed by atoms with Crippen LogP contribution in [-0.2, 0) is 15.7 Å². The minimum atomic E-state index is -4.55. The Kier molecular flexibility index (Phi) is 7.40. The minimum absolute atomic E-state index is 0.130. The first kappa shape index (κ1) is 26.8. The number of aliphatic imine (C=N–C) groups is 1. The van der Waals surface area contributed by atoms with Crippen LogP contribution < -0.4 is 9.80 Å². The van der Waals surface area contributed by atoms with E-state index in [9.17, 15) is 22.4 Å². The standard InChI is InChI=1S/C28H25ClF4N4O2/c1-39-26(38)17-25-23-16-19(29)5-10-24(23)34-27(37(25)22-4-2-3-18(15-22)28(31,32)33)36-13-11-35(12-14-36)21-8-6-20(30)7-9-21/h2-10,15-16,25H,11-14,17H2,1H3. The van der Waals surface area contributed by atoms with Gasteiger partial charge in [-0.3, -0.25) is 4.79 Å². The summed E-state index contributed by atoms with van der Waals surface area (Å²) in [6.45, 7) is 2.16. The smallest absolute Gasteiger partial charge is 0.416 e. The molecule has 0 bridgehead atoms. The Balaban J connectivity index is 1.56. The van der Waals surface area contributed by atoms with Crippen LogP contribution in [-0.4, -0.2) is 50.1 Å². The van der Waals surface area contributed by atoms with Crippen molar-refractivity contribution in [3.63, 3.8) is 0 Å². The molecule has 2 heterocycles. The van der Waals surface area contributed by atoms with E-state index in [2.05, 4.69) is 4.90 Å². The van der Waals surface area contributed by atoms with Gasteiger partial charge in [-0.15, -0.1) is 0 Å². The molecule has 0 saturated carbocycles. The van der Waals surface area contributed by atoms with Crippen molar-refractivity contribution in [2.24, 2.45) is 4.99 Å². The highest BCUT2D eigenvalue weighted by atomic mass is 35.5. The molecule has 0 N–H and O–H groups in total. The maximum atomic E-state index is 13.7. The van der Waals surface area contributed by atoms with E-state index in [0.29, 0.717) is 48.4 Å². The van der Waals surface area contributed by atoms with Crippen molar-refractivity contribution in [1.82, 2.24) is 4.90 Å². The number of ether oxygens (including phenoxy) is 1. The SMILES string of the molecule is COC(=O)CC1c2cc(Cl)ccc2N=C(N2CCN(c3ccc(F)cc3)CC2)N1c1cccc(C(F)(F)F)c1. The molecule has 204 valence electrons. The second-order valence-corrected chi connectivity index (χ2v) is 9.72. The van der Waals surface area contributed by atoms with Gasteiger partial charge < -0.3 is 19.4 Å². The zero-order chi connectivity index (χ0) is 27.7. The van der Waals surface area contributed by atoms with E-state index in [1.807, 2.05) is 4.90 Å². The first-order valence-corrected chi connectivity index (χ1v) is 12.7. The number of fused-ring (bicyclic) bond motifs is 1. The Morgan fingerprint density at radius 1 is 0.974 bits per heavy atom. The van der Waals surface area contributed by atoms with Crippen molar-refractivity contribution >= 4 is 40.6 Å². The molecule has 1 unspecified atom stereocenters. The molecule has 0 spiro atoms. The molecule has 39 heavy (non-hydrogen) atoms. The van der Waals surface area contributed by atoms with Crippen molar-refractivity contribution in [3.8, 4) is 0 Å². The lowest BCUT2D eigenvalue weighted by molar-refractivity contribution is -0.141. The Labute approximate surface area is 228 Å². The van der Waals surface area contributed by atoms with Gasteiger partial charge in [0, 0.05) is 48.1 Å². The van der Waals surface area contributed by atoms with Gasteiger partial charge in [-0.05, 0) is 60.7 Å². The van der Waals surface area contributed by atoms with Crippen molar-refractivity contribution in [3.05, 3.63) is 88.7 Å². The lowest BCUT2D eigenvalue weighted by Gasteiger charge is -2.45. The van der Waals surface area contributed by atoms with E-state index in [1.54, 1.807) is 41.3 Å². The van der Waals surface area contributed by atoms with Crippen LogP contribution in [0.2, 0.25) is 5.02 Å². The third kappa shape index (κ3) is 5.66. The van der Waals surface area contributed by atoms with Gasteiger partial charge in [0.25, 0.3) is 0 Å². The molecule has 6 nitrogen and oxygen atoms in total. The first-order chi connectivity index (χ1) is 18.6. The molecule has 3 aromatic rings. The van der Waals surface area contributed by atoms with Gasteiger partial charge in [-0.1, -0.05) is 17.7 Å². The van der Waals surface area contributed by atoms with E-state index in [4.69, 9.17) is 21.3 Å². The van der Waals surface area contributed by atoms with Crippen LogP contribution in [0.4, 0.5) is 34.6 Å². The third-order valence-corrected chi connectivity index (χ3v) is 7.12. The number of alkyl halides is 3. The average Bonchev–Trinajstić information content (AvgIpc) is 2.93. The van der Waals surface area contributed by atoms with Gasteiger partial charge in [0.2, 0.25) is 5.96 Å². The predicted molar refractivity (Wildman–Crippen MR) is 142 cm³/mol. The summed E-state index contributed by atoms with van der Waals surface area (Å²) in [5.41, 5.74) is 1.49. The molecule has 0 aliphatic carbocycles. The van der Waals surface area contributed by atoms with Crippen molar-refractivity contribution < 1.29 is 27.1 Å². The molecular formula is C28H25ClF4N4O2. The van der Waals surface area contributed by atoms with Crippen LogP contribution in [0, 0.1) is 5.82 Å².